The summed E-state index contributed by atoms with van der Waals surface area (Å²) in [6.45, 7) is 1.98. The van der Waals surface area contributed by atoms with E-state index in [1.54, 1.807) is 7.11 Å². The molecule has 0 bridgehead atoms. The second-order valence-electron chi connectivity index (χ2n) is 5.03. The highest BCUT2D eigenvalue weighted by atomic mass is 16.5. The lowest BCUT2D eigenvalue weighted by Crippen LogP contribution is -2.30. The first-order valence-electron chi connectivity index (χ1n) is 6.74. The van der Waals surface area contributed by atoms with Gasteiger partial charge in [-0.3, -0.25) is 9.59 Å². The minimum atomic E-state index is -0.886. The molecule has 5 heteroatoms. The van der Waals surface area contributed by atoms with Crippen LogP contribution in [-0.4, -0.2) is 24.1 Å². The summed E-state index contributed by atoms with van der Waals surface area (Å²) in [5.41, 5.74) is 0.995. The first kappa shape index (κ1) is 14.4. The number of carboxylic acids is 1. The van der Waals surface area contributed by atoms with Crippen LogP contribution in [-0.2, 0) is 9.59 Å². The third-order valence-electron chi connectivity index (χ3n) is 3.69. The Bertz CT molecular complexity index is 497. The van der Waals surface area contributed by atoms with Gasteiger partial charge in [-0.1, -0.05) is 19.1 Å². The number of benzene rings is 1. The van der Waals surface area contributed by atoms with E-state index in [0.29, 0.717) is 6.42 Å². The van der Waals surface area contributed by atoms with Crippen molar-refractivity contribution in [2.75, 3.05) is 7.11 Å². The van der Waals surface area contributed by atoms with E-state index in [2.05, 4.69) is 5.32 Å². The smallest absolute Gasteiger partial charge is 0.307 e. The van der Waals surface area contributed by atoms with Crippen molar-refractivity contribution in [2.24, 2.45) is 11.8 Å². The summed E-state index contributed by atoms with van der Waals surface area (Å²) in [7, 11) is 1.60. The van der Waals surface area contributed by atoms with Crippen LogP contribution in [0.5, 0.6) is 5.75 Å². The van der Waals surface area contributed by atoms with Crippen LogP contribution in [0.2, 0.25) is 0 Å². The first-order valence-corrected chi connectivity index (χ1v) is 6.74. The van der Waals surface area contributed by atoms with E-state index in [0.717, 1.165) is 17.7 Å². The molecule has 2 N–H and O–H groups in total. The van der Waals surface area contributed by atoms with Crippen LogP contribution >= 0.6 is 0 Å². The summed E-state index contributed by atoms with van der Waals surface area (Å²) in [5.74, 6) is -1.17. The highest BCUT2D eigenvalue weighted by Crippen LogP contribution is 2.39. The normalized spacial score (nSPS) is 21.9. The Morgan fingerprint density at radius 1 is 1.35 bits per heavy atom. The minimum absolute atomic E-state index is 0.0940. The maximum absolute atomic E-state index is 12.0. The number of rotatable bonds is 6. The van der Waals surface area contributed by atoms with Crippen molar-refractivity contribution < 1.29 is 19.4 Å². The molecule has 2 rings (SSSR count). The van der Waals surface area contributed by atoms with Gasteiger partial charge in [0.25, 0.3) is 0 Å². The van der Waals surface area contributed by atoms with E-state index < -0.39 is 11.9 Å². The Balaban J connectivity index is 1.98. The second-order valence-corrected chi connectivity index (χ2v) is 5.03. The molecule has 1 aromatic rings. The quantitative estimate of drug-likeness (QED) is 0.833. The van der Waals surface area contributed by atoms with E-state index in [-0.39, 0.29) is 17.9 Å². The molecule has 0 saturated heterocycles. The van der Waals surface area contributed by atoms with Crippen LogP contribution < -0.4 is 10.1 Å². The molecule has 0 unspecified atom stereocenters. The molecule has 0 spiro atoms. The number of amides is 1. The average molecular weight is 277 g/mol. The highest BCUT2D eigenvalue weighted by Gasteiger charge is 2.48. The Kier molecular flexibility index (Phi) is 4.27. The summed E-state index contributed by atoms with van der Waals surface area (Å²) in [6, 6.07) is 7.43. The summed E-state index contributed by atoms with van der Waals surface area (Å²) in [6.07, 6.45) is 1.20. The van der Waals surface area contributed by atoms with E-state index >= 15 is 0 Å². The number of methoxy groups -OCH3 is 1. The topological polar surface area (TPSA) is 75.6 Å². The number of carbonyl (C=O) groups is 2. The second kappa shape index (κ2) is 5.94. The molecule has 1 aliphatic carbocycles. The van der Waals surface area contributed by atoms with Gasteiger partial charge in [-0.2, -0.15) is 0 Å². The lowest BCUT2D eigenvalue weighted by molar-refractivity contribution is -0.140. The van der Waals surface area contributed by atoms with Gasteiger partial charge >= 0.3 is 5.97 Å². The van der Waals surface area contributed by atoms with Gasteiger partial charge in [0.2, 0.25) is 5.91 Å². The summed E-state index contributed by atoms with van der Waals surface area (Å²) >= 11 is 0. The van der Waals surface area contributed by atoms with Gasteiger partial charge in [0, 0.05) is 0 Å². The van der Waals surface area contributed by atoms with Crippen molar-refractivity contribution in [3.8, 4) is 5.75 Å². The van der Waals surface area contributed by atoms with Gasteiger partial charge in [0.1, 0.15) is 5.75 Å². The molecule has 0 aliphatic heterocycles. The summed E-state index contributed by atoms with van der Waals surface area (Å²) in [4.78, 5) is 22.8. The SMILES string of the molecule is CC[C@H](NC(=O)[C@@H]1C[C@H]1C(=O)O)c1ccc(OC)cc1. The maximum Gasteiger partial charge on any atom is 0.307 e. The number of ether oxygens (including phenoxy) is 1. The molecule has 1 amide bonds. The van der Waals surface area contributed by atoms with Gasteiger partial charge in [-0.15, -0.1) is 0 Å². The lowest BCUT2D eigenvalue weighted by atomic mass is 10.0. The van der Waals surface area contributed by atoms with Crippen LogP contribution in [0.1, 0.15) is 31.4 Å². The standard InChI is InChI=1S/C15H19NO4/c1-3-13(9-4-6-10(20-2)7-5-9)16-14(17)11-8-12(11)15(18)19/h4-7,11-13H,3,8H2,1-2H3,(H,16,17)(H,18,19)/t11-,12-,13+/m1/s1. The molecular formula is C15H19NO4. The van der Waals surface area contributed by atoms with Gasteiger partial charge in [0.15, 0.2) is 0 Å². The molecule has 3 atom stereocenters. The Hall–Kier alpha value is -2.04. The van der Waals surface area contributed by atoms with Crippen molar-refractivity contribution in [1.29, 1.82) is 0 Å². The number of hydrogen-bond donors (Lipinski definition) is 2. The van der Waals surface area contributed by atoms with Crippen LogP contribution in [0, 0.1) is 11.8 Å². The van der Waals surface area contributed by atoms with Crippen molar-refractivity contribution in [2.45, 2.75) is 25.8 Å². The summed E-state index contributed by atoms with van der Waals surface area (Å²) < 4.78 is 5.10. The Labute approximate surface area is 117 Å². The average Bonchev–Trinajstić information content (AvgIpc) is 3.25. The van der Waals surface area contributed by atoms with E-state index in [4.69, 9.17) is 9.84 Å². The van der Waals surface area contributed by atoms with Gasteiger partial charge < -0.3 is 15.2 Å². The fraction of sp³-hybridized carbons (Fsp3) is 0.467. The number of hydrogen-bond acceptors (Lipinski definition) is 3. The lowest BCUT2D eigenvalue weighted by Gasteiger charge is -2.17. The van der Waals surface area contributed by atoms with E-state index in [1.165, 1.54) is 0 Å². The molecule has 1 aliphatic rings. The van der Waals surface area contributed by atoms with Crippen molar-refractivity contribution in [3.05, 3.63) is 29.8 Å². The first-order chi connectivity index (χ1) is 9.56. The Morgan fingerprint density at radius 3 is 2.45 bits per heavy atom. The predicted octanol–water partition coefficient (Wildman–Crippen LogP) is 1.98. The van der Waals surface area contributed by atoms with Crippen molar-refractivity contribution >= 4 is 11.9 Å². The molecular weight excluding hydrogens is 258 g/mol. The van der Waals surface area contributed by atoms with Gasteiger partial charge in [-0.05, 0) is 30.5 Å². The molecule has 0 radical (unpaired) electrons. The van der Waals surface area contributed by atoms with Crippen LogP contribution in [0.25, 0.3) is 0 Å². The maximum atomic E-state index is 12.0. The van der Waals surface area contributed by atoms with Crippen LogP contribution in [0.4, 0.5) is 0 Å². The zero-order valence-electron chi connectivity index (χ0n) is 11.6. The molecule has 5 nitrogen and oxygen atoms in total. The molecule has 0 aromatic heterocycles. The zero-order valence-corrected chi connectivity index (χ0v) is 11.6. The zero-order chi connectivity index (χ0) is 14.7. The molecule has 1 saturated carbocycles. The number of carboxylic acid groups (broad SMARTS) is 1. The van der Waals surface area contributed by atoms with Crippen molar-refractivity contribution in [1.82, 2.24) is 5.32 Å². The molecule has 1 aromatic carbocycles. The fourth-order valence-corrected chi connectivity index (χ4v) is 2.29. The van der Waals surface area contributed by atoms with Crippen LogP contribution in [0.15, 0.2) is 24.3 Å². The molecule has 1 fully saturated rings. The molecule has 0 heterocycles. The number of nitrogens with one attached hydrogen (secondary N) is 1. The van der Waals surface area contributed by atoms with E-state index in [1.807, 2.05) is 31.2 Å². The largest absolute Gasteiger partial charge is 0.497 e. The van der Waals surface area contributed by atoms with Gasteiger partial charge in [-0.25, -0.2) is 0 Å². The third-order valence-corrected chi connectivity index (χ3v) is 3.69. The molecule has 108 valence electrons. The predicted molar refractivity (Wildman–Crippen MR) is 73.4 cm³/mol. The van der Waals surface area contributed by atoms with Crippen molar-refractivity contribution in [3.63, 3.8) is 0 Å². The monoisotopic (exact) mass is 277 g/mol. The highest BCUT2D eigenvalue weighted by molar-refractivity contribution is 5.89. The number of aliphatic carboxylic acids is 1. The Morgan fingerprint density at radius 2 is 2.00 bits per heavy atom. The van der Waals surface area contributed by atoms with Crippen LogP contribution in [0.3, 0.4) is 0 Å². The minimum Gasteiger partial charge on any atom is -0.497 e. The third kappa shape index (κ3) is 3.10. The van der Waals surface area contributed by atoms with E-state index in [9.17, 15) is 9.59 Å². The number of carbonyl (C=O) groups excluding carboxylic acids is 1. The van der Waals surface area contributed by atoms with Gasteiger partial charge in [0.05, 0.1) is 25.0 Å². The molecule has 20 heavy (non-hydrogen) atoms. The fourth-order valence-electron chi connectivity index (χ4n) is 2.29. The summed E-state index contributed by atoms with van der Waals surface area (Å²) in [5, 5.41) is 11.8.